The summed E-state index contributed by atoms with van der Waals surface area (Å²) in [6.07, 6.45) is 2.44. The molecule has 0 fully saturated rings. The zero-order chi connectivity index (χ0) is 8.10. The average molecular weight is 239 g/mol. The average Bonchev–Trinajstić information content (AvgIpc) is 2.07. The maximum Gasteiger partial charge on any atom is 2.00 e. The van der Waals surface area contributed by atoms with Crippen LogP contribution >= 0.6 is 15.9 Å². The van der Waals surface area contributed by atoms with E-state index in [0.717, 1.165) is 0 Å². The molecule has 1 rings (SSSR count). The predicted molar refractivity (Wildman–Crippen MR) is 61.0 cm³/mol. The van der Waals surface area contributed by atoms with Gasteiger partial charge in [0.25, 0.3) is 0 Å². The van der Waals surface area contributed by atoms with Crippen LogP contribution in [0.1, 0.15) is 33.0 Å². The van der Waals surface area contributed by atoms with Gasteiger partial charge in [-0.25, -0.2) is 0 Å². The van der Waals surface area contributed by atoms with Gasteiger partial charge in [0.1, 0.15) is 0 Å². The Bertz CT molecular complexity index is 207. The van der Waals surface area contributed by atoms with Crippen LogP contribution in [0.15, 0.2) is 30.3 Å². The van der Waals surface area contributed by atoms with Crippen molar-refractivity contribution in [3.63, 3.8) is 0 Å². The van der Waals surface area contributed by atoms with E-state index in [0.29, 0.717) is 4.83 Å². The molecule has 1 aromatic rings. The Kier molecular flexibility index (Phi) is 7.20. The topological polar surface area (TPSA) is 0 Å². The van der Waals surface area contributed by atoms with Crippen molar-refractivity contribution < 1.29 is 2.85 Å². The number of halogens is 1. The summed E-state index contributed by atoms with van der Waals surface area (Å²) in [6.45, 7) is 2.21. The summed E-state index contributed by atoms with van der Waals surface area (Å²) in [4.78, 5) is 0.536. The van der Waals surface area contributed by atoms with Crippen LogP contribution in [-0.4, -0.2) is 23.1 Å². The Labute approximate surface area is 102 Å². The molecule has 1 aromatic carbocycles. The van der Waals surface area contributed by atoms with Gasteiger partial charge in [0.2, 0.25) is 0 Å². The van der Waals surface area contributed by atoms with Gasteiger partial charge in [-0.15, -0.1) is 0 Å². The molecule has 12 heavy (non-hydrogen) atoms. The van der Waals surface area contributed by atoms with Crippen LogP contribution < -0.4 is 0 Å². The molecule has 2 heteroatoms. The maximum absolute atomic E-state index is 3.65. The van der Waals surface area contributed by atoms with Crippen molar-refractivity contribution in [1.82, 2.24) is 0 Å². The van der Waals surface area contributed by atoms with Crippen LogP contribution in [0.25, 0.3) is 0 Å². The molecule has 0 aliphatic carbocycles. The van der Waals surface area contributed by atoms with Gasteiger partial charge in [-0.05, 0) is 12.0 Å². The molecular formula is C10H15BrMg. The third-order valence-corrected chi connectivity index (χ3v) is 2.69. The van der Waals surface area contributed by atoms with Gasteiger partial charge >= 0.3 is 23.1 Å². The fourth-order valence-corrected chi connectivity index (χ4v) is 1.85. The van der Waals surface area contributed by atoms with E-state index in [2.05, 4.69) is 53.2 Å². The molecule has 0 spiro atoms. The van der Waals surface area contributed by atoms with Crippen molar-refractivity contribution in [1.29, 1.82) is 0 Å². The van der Waals surface area contributed by atoms with Gasteiger partial charge in [0, 0.05) is 4.83 Å². The van der Waals surface area contributed by atoms with Crippen molar-refractivity contribution in [3.8, 4) is 0 Å². The molecule has 0 N–H and O–H groups in total. The molecular weight excluding hydrogens is 224 g/mol. The number of hydrogen-bond acceptors (Lipinski definition) is 0. The van der Waals surface area contributed by atoms with Gasteiger partial charge in [0.15, 0.2) is 0 Å². The second-order valence-corrected chi connectivity index (χ2v) is 3.77. The SMILES string of the molecule is CCCC(Br)c1ccccc1.[H-].[H-].[Mg+2]. The van der Waals surface area contributed by atoms with Gasteiger partial charge in [-0.3, -0.25) is 0 Å². The van der Waals surface area contributed by atoms with Crippen molar-refractivity contribution in [2.45, 2.75) is 24.6 Å². The van der Waals surface area contributed by atoms with Crippen LogP contribution in [0, 0.1) is 0 Å². The molecule has 0 heterocycles. The van der Waals surface area contributed by atoms with E-state index in [1.807, 2.05) is 0 Å². The fourth-order valence-electron chi connectivity index (χ4n) is 1.08. The molecule has 0 aliphatic rings. The molecule has 1 atom stereocenters. The van der Waals surface area contributed by atoms with Gasteiger partial charge in [-0.2, -0.15) is 0 Å². The standard InChI is InChI=1S/C10H13Br.Mg.2H/c1-2-6-10(11)9-7-4-3-5-8-9;;;/h3-5,7-8,10H,2,6H2,1H3;;;/q;+2;2*-1. The first-order chi connectivity index (χ1) is 5.34. The minimum absolute atomic E-state index is 0. The van der Waals surface area contributed by atoms with Gasteiger partial charge < -0.3 is 2.85 Å². The number of hydrogen-bond donors (Lipinski definition) is 0. The molecule has 0 saturated heterocycles. The summed E-state index contributed by atoms with van der Waals surface area (Å²) in [5, 5.41) is 0. The van der Waals surface area contributed by atoms with Crippen molar-refractivity contribution >= 4 is 39.0 Å². The molecule has 1 unspecified atom stereocenters. The summed E-state index contributed by atoms with van der Waals surface area (Å²) in [6, 6.07) is 10.5. The normalized spacial score (nSPS) is 11.8. The van der Waals surface area contributed by atoms with Crippen molar-refractivity contribution in [2.24, 2.45) is 0 Å². The maximum atomic E-state index is 3.65. The zero-order valence-electron chi connectivity index (χ0n) is 9.46. The summed E-state index contributed by atoms with van der Waals surface area (Å²) >= 11 is 3.65. The van der Waals surface area contributed by atoms with E-state index >= 15 is 0 Å². The third-order valence-electron chi connectivity index (χ3n) is 1.70. The number of benzene rings is 1. The monoisotopic (exact) mass is 238 g/mol. The summed E-state index contributed by atoms with van der Waals surface area (Å²) in [7, 11) is 0. The van der Waals surface area contributed by atoms with Crippen LogP contribution in [0.5, 0.6) is 0 Å². The van der Waals surface area contributed by atoms with E-state index in [1.165, 1.54) is 18.4 Å². The molecule has 0 saturated carbocycles. The minimum atomic E-state index is 0. The smallest absolute Gasteiger partial charge is 1.00 e. The summed E-state index contributed by atoms with van der Waals surface area (Å²) < 4.78 is 0. The second kappa shape index (κ2) is 6.93. The Balaban J connectivity index is -0.000000403. The first-order valence-electron chi connectivity index (χ1n) is 4.03. The van der Waals surface area contributed by atoms with Gasteiger partial charge in [0.05, 0.1) is 0 Å². The van der Waals surface area contributed by atoms with E-state index in [9.17, 15) is 0 Å². The van der Waals surface area contributed by atoms with Crippen molar-refractivity contribution in [2.75, 3.05) is 0 Å². The van der Waals surface area contributed by atoms with Crippen molar-refractivity contribution in [3.05, 3.63) is 35.9 Å². The molecule has 64 valence electrons. The minimum Gasteiger partial charge on any atom is -1.00 e. The predicted octanol–water partition coefficient (Wildman–Crippen LogP) is 3.77. The Hall–Kier alpha value is 0.466. The van der Waals surface area contributed by atoms with E-state index in [1.54, 1.807) is 0 Å². The Morgan fingerprint density at radius 1 is 1.33 bits per heavy atom. The molecule has 0 radical (unpaired) electrons. The first kappa shape index (κ1) is 12.5. The van der Waals surface area contributed by atoms with Crippen LogP contribution in [0.4, 0.5) is 0 Å². The Morgan fingerprint density at radius 2 is 1.92 bits per heavy atom. The van der Waals surface area contributed by atoms with Crippen LogP contribution in [0.3, 0.4) is 0 Å². The Morgan fingerprint density at radius 3 is 2.42 bits per heavy atom. The molecule has 0 amide bonds. The number of rotatable bonds is 3. The number of alkyl halides is 1. The summed E-state index contributed by atoms with van der Waals surface area (Å²) in [5.41, 5.74) is 1.38. The van der Waals surface area contributed by atoms with Crippen LogP contribution in [0.2, 0.25) is 0 Å². The van der Waals surface area contributed by atoms with Gasteiger partial charge in [-0.1, -0.05) is 59.6 Å². The first-order valence-corrected chi connectivity index (χ1v) is 4.95. The third kappa shape index (κ3) is 3.92. The molecule has 0 aromatic heterocycles. The second-order valence-electron chi connectivity index (χ2n) is 2.67. The van der Waals surface area contributed by atoms with E-state index in [-0.39, 0.29) is 25.9 Å². The largest absolute Gasteiger partial charge is 2.00 e. The van der Waals surface area contributed by atoms with E-state index < -0.39 is 0 Å². The fraction of sp³-hybridized carbons (Fsp3) is 0.400. The zero-order valence-corrected chi connectivity index (χ0v) is 10.5. The quantitative estimate of drug-likeness (QED) is 0.556. The van der Waals surface area contributed by atoms with E-state index in [4.69, 9.17) is 0 Å². The molecule has 0 bridgehead atoms. The molecule has 0 nitrogen and oxygen atoms in total. The molecule has 0 aliphatic heterocycles. The van der Waals surface area contributed by atoms with Crippen LogP contribution in [-0.2, 0) is 0 Å². The summed E-state index contributed by atoms with van der Waals surface area (Å²) in [5.74, 6) is 0.